The highest BCUT2D eigenvalue weighted by Crippen LogP contribution is 2.46. The van der Waals surface area contributed by atoms with Crippen molar-refractivity contribution in [2.45, 2.75) is 24.7 Å². The fraction of sp³-hybridized carbons (Fsp3) is 0.556. The first-order valence-electron chi connectivity index (χ1n) is 9.68. The van der Waals surface area contributed by atoms with Crippen LogP contribution < -0.4 is 15.5 Å². The lowest BCUT2D eigenvalue weighted by atomic mass is 10.0. The zero-order chi connectivity index (χ0) is 21.3. The van der Waals surface area contributed by atoms with Gasteiger partial charge in [0.2, 0.25) is 0 Å². The Kier molecular flexibility index (Phi) is 6.37. The molecule has 12 heteroatoms. The number of morpholine rings is 1. The van der Waals surface area contributed by atoms with Gasteiger partial charge in [0, 0.05) is 11.3 Å². The summed E-state index contributed by atoms with van der Waals surface area (Å²) in [6.07, 6.45) is -4.67. The van der Waals surface area contributed by atoms with Crippen molar-refractivity contribution in [1.82, 2.24) is 15.1 Å². The zero-order valence-electron chi connectivity index (χ0n) is 16.0. The number of alkyl halides is 3. The quantitative estimate of drug-likeness (QED) is 0.577. The van der Waals surface area contributed by atoms with Gasteiger partial charge in [-0.05, 0) is 27.4 Å². The molecule has 164 valence electrons. The minimum atomic E-state index is -4.48. The molecular weight excluding hydrogens is 487 g/mol. The van der Waals surface area contributed by atoms with Gasteiger partial charge in [-0.2, -0.15) is 18.3 Å². The Morgan fingerprint density at radius 2 is 2.20 bits per heavy atom. The molecule has 2 aliphatic rings. The van der Waals surface area contributed by atoms with Crippen LogP contribution in [-0.4, -0.2) is 61.3 Å². The number of carbonyl (C=O) groups is 1. The number of quaternary nitrogens is 1. The van der Waals surface area contributed by atoms with E-state index in [4.69, 9.17) is 4.74 Å². The third kappa shape index (κ3) is 4.51. The Labute approximate surface area is 183 Å². The summed E-state index contributed by atoms with van der Waals surface area (Å²) in [7, 11) is 0. The summed E-state index contributed by atoms with van der Waals surface area (Å²) in [6, 6.07) is 1.30. The maximum absolute atomic E-state index is 13.8. The third-order valence-electron chi connectivity index (χ3n) is 5.36. The number of thiophene rings is 1. The maximum atomic E-state index is 13.8. The molecule has 1 fully saturated rings. The molecule has 0 spiro atoms. The average Bonchev–Trinajstić information content (AvgIpc) is 3.36. The maximum Gasteiger partial charge on any atom is 0.410 e. The summed E-state index contributed by atoms with van der Waals surface area (Å²) in [5.74, 6) is -0.322. The second-order valence-electron chi connectivity index (χ2n) is 7.33. The van der Waals surface area contributed by atoms with Crippen molar-refractivity contribution >= 4 is 39.0 Å². The van der Waals surface area contributed by atoms with E-state index >= 15 is 0 Å². The predicted octanol–water partition coefficient (Wildman–Crippen LogP) is 2.01. The fourth-order valence-electron chi connectivity index (χ4n) is 3.76. The van der Waals surface area contributed by atoms with Gasteiger partial charge in [0.1, 0.15) is 18.9 Å². The molecule has 4 heterocycles. The minimum Gasteiger partial charge on any atom is -0.370 e. The minimum absolute atomic E-state index is 0.0458. The number of hydrogen-bond donors (Lipinski definition) is 3. The number of ether oxygens (including phenoxy) is 1. The highest BCUT2D eigenvalue weighted by atomic mass is 79.9. The van der Waals surface area contributed by atoms with Gasteiger partial charge in [-0.15, -0.1) is 11.3 Å². The molecule has 1 amide bonds. The van der Waals surface area contributed by atoms with Gasteiger partial charge in [-0.1, -0.05) is 6.07 Å². The molecular formula is C18H22BrF3N5O2S+. The summed E-state index contributed by atoms with van der Waals surface area (Å²) in [4.78, 5) is 14.8. The topological polar surface area (TPSA) is 72.6 Å². The summed E-state index contributed by atoms with van der Waals surface area (Å²) >= 11 is 4.69. The molecule has 2 atom stereocenters. The molecule has 1 saturated heterocycles. The van der Waals surface area contributed by atoms with E-state index in [1.54, 1.807) is 12.1 Å². The molecule has 2 aliphatic heterocycles. The third-order valence-corrected chi connectivity index (χ3v) is 7.10. The molecule has 0 aliphatic carbocycles. The van der Waals surface area contributed by atoms with Crippen LogP contribution in [0.15, 0.2) is 22.0 Å². The van der Waals surface area contributed by atoms with Crippen molar-refractivity contribution < 1.29 is 27.6 Å². The van der Waals surface area contributed by atoms with E-state index in [0.717, 1.165) is 29.2 Å². The van der Waals surface area contributed by atoms with Gasteiger partial charge in [-0.3, -0.25) is 4.79 Å². The summed E-state index contributed by atoms with van der Waals surface area (Å²) in [5, 5.41) is 11.8. The van der Waals surface area contributed by atoms with E-state index in [1.165, 1.54) is 16.2 Å². The van der Waals surface area contributed by atoms with Crippen LogP contribution in [-0.2, 0) is 4.74 Å². The molecule has 3 N–H and O–H groups in total. The molecule has 0 aromatic carbocycles. The van der Waals surface area contributed by atoms with Gasteiger partial charge >= 0.3 is 6.18 Å². The van der Waals surface area contributed by atoms with Crippen molar-refractivity contribution in [2.24, 2.45) is 0 Å². The van der Waals surface area contributed by atoms with Crippen LogP contribution in [0.2, 0.25) is 0 Å². The number of anilines is 1. The molecule has 0 radical (unpaired) electrons. The number of rotatable bonds is 5. The molecule has 7 nitrogen and oxygen atoms in total. The second kappa shape index (κ2) is 8.85. The van der Waals surface area contributed by atoms with Crippen molar-refractivity contribution in [1.29, 1.82) is 0 Å². The lowest BCUT2D eigenvalue weighted by Crippen LogP contribution is -3.14. The first-order chi connectivity index (χ1) is 14.3. The van der Waals surface area contributed by atoms with Crippen molar-refractivity contribution in [3.05, 3.63) is 32.6 Å². The predicted molar refractivity (Wildman–Crippen MR) is 109 cm³/mol. The molecule has 2 aromatic heterocycles. The van der Waals surface area contributed by atoms with Crippen LogP contribution in [0.4, 0.5) is 19.0 Å². The van der Waals surface area contributed by atoms with Crippen molar-refractivity contribution in [2.75, 3.05) is 44.7 Å². The van der Waals surface area contributed by atoms with Crippen LogP contribution in [0.25, 0.3) is 0 Å². The highest BCUT2D eigenvalue weighted by molar-refractivity contribution is 9.10. The van der Waals surface area contributed by atoms with Crippen LogP contribution in [0.1, 0.15) is 33.9 Å². The summed E-state index contributed by atoms with van der Waals surface area (Å²) in [5.41, 5.74) is -0.0458. The monoisotopic (exact) mass is 508 g/mol. The number of aromatic nitrogens is 2. The van der Waals surface area contributed by atoms with Crippen molar-refractivity contribution in [3.8, 4) is 0 Å². The number of hydrogen-bond acceptors (Lipinski definition) is 5. The lowest BCUT2D eigenvalue weighted by molar-refractivity contribution is -0.906. The number of fused-ring (bicyclic) bond motifs is 1. The standard InChI is InChI=1S/C18H21BrF3N5O2S/c19-14-15(17(28)23-3-4-26-5-7-29-8-6-26)25-27-13(18(20,21)22)10-11(24-16(14)27)12-2-1-9-30-12/h1-2,9,11,13,24H,3-8,10H2,(H,23,28)/p+1. The number of nitrogens with zero attached hydrogens (tertiary/aromatic N) is 2. The summed E-state index contributed by atoms with van der Waals surface area (Å²) in [6.45, 7) is 4.27. The van der Waals surface area contributed by atoms with Crippen LogP contribution >= 0.6 is 27.3 Å². The van der Waals surface area contributed by atoms with Gasteiger partial charge in [-0.25, -0.2) is 4.68 Å². The lowest BCUT2D eigenvalue weighted by Gasteiger charge is -2.33. The smallest absolute Gasteiger partial charge is 0.370 e. The van der Waals surface area contributed by atoms with E-state index in [9.17, 15) is 18.0 Å². The van der Waals surface area contributed by atoms with E-state index in [1.807, 2.05) is 5.38 Å². The van der Waals surface area contributed by atoms with E-state index in [-0.39, 0.29) is 22.4 Å². The van der Waals surface area contributed by atoms with Gasteiger partial charge < -0.3 is 20.3 Å². The number of nitrogens with one attached hydrogen (secondary N) is 3. The Morgan fingerprint density at radius 3 is 2.87 bits per heavy atom. The Hall–Kier alpha value is -1.63. The van der Waals surface area contributed by atoms with Crippen LogP contribution in [0.3, 0.4) is 0 Å². The number of halogens is 4. The van der Waals surface area contributed by atoms with Gasteiger partial charge in [0.15, 0.2) is 11.7 Å². The summed E-state index contributed by atoms with van der Waals surface area (Å²) < 4.78 is 47.8. The molecule has 4 rings (SSSR count). The molecule has 2 unspecified atom stereocenters. The fourth-order valence-corrected chi connectivity index (χ4v) is 5.10. The Balaban J connectivity index is 1.51. The van der Waals surface area contributed by atoms with Gasteiger partial charge in [0.25, 0.3) is 5.91 Å². The highest BCUT2D eigenvalue weighted by Gasteiger charge is 2.48. The van der Waals surface area contributed by atoms with Crippen LogP contribution in [0.5, 0.6) is 0 Å². The van der Waals surface area contributed by atoms with E-state index in [0.29, 0.717) is 19.8 Å². The van der Waals surface area contributed by atoms with E-state index in [2.05, 4.69) is 31.7 Å². The zero-order valence-corrected chi connectivity index (χ0v) is 18.4. The number of carbonyl (C=O) groups excluding carboxylic acids is 1. The Bertz CT molecular complexity index is 883. The number of amides is 1. The van der Waals surface area contributed by atoms with E-state index < -0.39 is 24.2 Å². The van der Waals surface area contributed by atoms with Crippen molar-refractivity contribution in [3.63, 3.8) is 0 Å². The SMILES string of the molecule is O=C(NCC[NH+]1CCOCC1)c1nn2c(c1Br)NC(c1cccs1)CC2C(F)(F)F. The molecule has 2 aromatic rings. The second-order valence-corrected chi connectivity index (χ2v) is 9.10. The first kappa shape index (κ1) is 21.6. The largest absolute Gasteiger partial charge is 0.410 e. The first-order valence-corrected chi connectivity index (χ1v) is 11.4. The molecule has 0 bridgehead atoms. The molecule has 30 heavy (non-hydrogen) atoms. The van der Waals surface area contributed by atoms with Crippen LogP contribution in [0, 0.1) is 0 Å². The average molecular weight is 509 g/mol. The molecule has 0 saturated carbocycles. The normalized spacial score (nSPS) is 22.4. The van der Waals surface area contributed by atoms with Gasteiger partial charge in [0.05, 0.1) is 36.8 Å². The Morgan fingerprint density at radius 1 is 1.43 bits per heavy atom.